The summed E-state index contributed by atoms with van der Waals surface area (Å²) in [5, 5.41) is 12.3. The van der Waals surface area contributed by atoms with E-state index in [0.717, 1.165) is 30.3 Å². The van der Waals surface area contributed by atoms with Gasteiger partial charge in [-0.15, -0.1) is 6.58 Å². The van der Waals surface area contributed by atoms with E-state index in [4.69, 9.17) is 10.5 Å². The average molecular weight is 526 g/mol. The van der Waals surface area contributed by atoms with E-state index in [2.05, 4.69) is 37.3 Å². The molecule has 1 aromatic heterocycles. The number of aliphatic hydroxyl groups excluding tert-OH is 1. The van der Waals surface area contributed by atoms with Gasteiger partial charge in [-0.3, -0.25) is 9.59 Å². The standard InChI is InChI=1S/C29H39N3O4S/c1-6-27(4)14-22(36-23(34)15-37-26-31-19-8-7-18(30)13-20(19)32-26)28(5)16(2)9-11-29(17(3)25(27)35)12-10-21(33)24(28)29/h6-8,13,16-17,22,24-25,35H,1,9-12,14-15,30H2,2-5H3,(H,31,32)/t16-,17+,22-,24+,25+,27-,28+,29+/m1/s1. The summed E-state index contributed by atoms with van der Waals surface area (Å²) in [6.07, 6.45) is 4.26. The first-order valence-corrected chi connectivity index (χ1v) is 14.3. The van der Waals surface area contributed by atoms with Crippen LogP contribution in [0.25, 0.3) is 11.0 Å². The van der Waals surface area contributed by atoms with Gasteiger partial charge < -0.3 is 20.6 Å². The number of nitrogens with two attached hydrogens (primary N) is 1. The number of benzene rings is 1. The number of nitrogen functional groups attached to an aromatic ring is 1. The number of Topliss-reactive ketones (excluding diaryl/α,β-unsaturated/α-hetero) is 1. The van der Waals surface area contributed by atoms with Gasteiger partial charge in [-0.1, -0.05) is 45.5 Å². The van der Waals surface area contributed by atoms with Crippen molar-refractivity contribution < 1.29 is 19.4 Å². The number of nitrogens with zero attached hydrogens (tertiary/aromatic N) is 1. The van der Waals surface area contributed by atoms with Crippen molar-refractivity contribution in [1.82, 2.24) is 9.97 Å². The van der Waals surface area contributed by atoms with Gasteiger partial charge in [-0.2, -0.15) is 0 Å². The molecule has 0 amide bonds. The van der Waals surface area contributed by atoms with E-state index in [1.807, 2.05) is 25.1 Å². The molecule has 0 saturated heterocycles. The van der Waals surface area contributed by atoms with Crippen LogP contribution in [0.4, 0.5) is 5.69 Å². The van der Waals surface area contributed by atoms with Crippen LogP contribution in [0, 0.1) is 34.0 Å². The average Bonchev–Trinajstić information content (AvgIpc) is 3.44. The number of fused-ring (bicyclic) bond motifs is 1. The molecule has 3 saturated carbocycles. The molecule has 0 radical (unpaired) electrons. The number of aliphatic hydroxyl groups is 1. The number of ether oxygens (including phenoxy) is 1. The maximum absolute atomic E-state index is 13.5. The number of anilines is 1. The van der Waals surface area contributed by atoms with Gasteiger partial charge in [0.05, 0.1) is 22.9 Å². The molecule has 0 aliphatic heterocycles. The Bertz CT molecular complexity index is 1240. The SMILES string of the molecule is C=C[C@]1(C)C[C@@H](OC(=O)CSc2nc3ccc(N)cc3[nH]2)[C@]2(C)[C@H](C)CC[C@]3(CCC(=O)[C@H]32)[C@@H](C)[C@@H]1O. The highest BCUT2D eigenvalue weighted by atomic mass is 32.2. The number of hydrogen-bond donors (Lipinski definition) is 3. The zero-order chi connectivity index (χ0) is 26.8. The van der Waals surface area contributed by atoms with Crippen LogP contribution in [-0.4, -0.2) is 44.8 Å². The molecule has 8 atom stereocenters. The highest BCUT2D eigenvalue weighted by Crippen LogP contribution is 2.68. The molecule has 3 aliphatic carbocycles. The molecule has 200 valence electrons. The third-order valence-electron chi connectivity index (χ3n) is 10.4. The summed E-state index contributed by atoms with van der Waals surface area (Å²) in [7, 11) is 0. The Hall–Kier alpha value is -2.32. The van der Waals surface area contributed by atoms with E-state index in [9.17, 15) is 14.7 Å². The number of rotatable bonds is 5. The summed E-state index contributed by atoms with van der Waals surface area (Å²) in [6, 6.07) is 5.46. The van der Waals surface area contributed by atoms with E-state index in [1.54, 1.807) is 6.07 Å². The first-order chi connectivity index (χ1) is 17.4. The first kappa shape index (κ1) is 26.3. The molecule has 8 heteroatoms. The molecule has 3 fully saturated rings. The number of esters is 1. The molecule has 0 spiro atoms. The Balaban J connectivity index is 1.44. The fourth-order valence-corrected chi connectivity index (χ4v) is 8.56. The molecule has 1 aromatic carbocycles. The molecule has 7 nitrogen and oxygen atoms in total. The smallest absolute Gasteiger partial charge is 0.316 e. The number of aromatic amines is 1. The van der Waals surface area contributed by atoms with E-state index >= 15 is 0 Å². The lowest BCUT2D eigenvalue weighted by atomic mass is 9.44. The highest BCUT2D eigenvalue weighted by Gasteiger charge is 2.68. The minimum atomic E-state index is -0.671. The van der Waals surface area contributed by atoms with E-state index < -0.39 is 23.0 Å². The maximum Gasteiger partial charge on any atom is 0.316 e. The number of thioether (sulfide) groups is 1. The van der Waals surface area contributed by atoms with Gasteiger partial charge in [-0.25, -0.2) is 4.98 Å². The summed E-state index contributed by atoms with van der Waals surface area (Å²) in [5.41, 5.74) is 6.69. The predicted molar refractivity (Wildman–Crippen MR) is 146 cm³/mol. The molecule has 4 N–H and O–H groups in total. The van der Waals surface area contributed by atoms with E-state index in [-0.39, 0.29) is 40.7 Å². The monoisotopic (exact) mass is 525 g/mol. The van der Waals surface area contributed by atoms with Crippen LogP contribution in [0.2, 0.25) is 0 Å². The predicted octanol–water partition coefficient (Wildman–Crippen LogP) is 5.14. The number of nitrogens with one attached hydrogen (secondary N) is 1. The summed E-state index contributed by atoms with van der Waals surface area (Å²) in [4.78, 5) is 34.5. The van der Waals surface area contributed by atoms with Crippen molar-refractivity contribution >= 4 is 40.2 Å². The lowest BCUT2D eigenvalue weighted by Crippen LogP contribution is -2.63. The quantitative estimate of drug-likeness (QED) is 0.214. The van der Waals surface area contributed by atoms with Crippen molar-refractivity contribution in [3.8, 4) is 0 Å². The number of H-pyrrole nitrogens is 1. The number of carbonyl (C=O) groups is 2. The Kier molecular flexibility index (Phi) is 6.51. The van der Waals surface area contributed by atoms with Crippen LogP contribution in [0.1, 0.15) is 59.8 Å². The number of aromatic nitrogens is 2. The molecule has 37 heavy (non-hydrogen) atoms. The van der Waals surface area contributed by atoms with Crippen LogP contribution in [-0.2, 0) is 14.3 Å². The summed E-state index contributed by atoms with van der Waals surface area (Å²) in [6.45, 7) is 12.5. The van der Waals surface area contributed by atoms with Crippen molar-refractivity contribution in [2.45, 2.75) is 77.2 Å². The van der Waals surface area contributed by atoms with Gasteiger partial charge >= 0.3 is 5.97 Å². The third-order valence-corrected chi connectivity index (χ3v) is 11.2. The van der Waals surface area contributed by atoms with Crippen molar-refractivity contribution in [2.75, 3.05) is 11.5 Å². The second-order valence-electron chi connectivity index (χ2n) is 12.2. The molecular formula is C29H39N3O4S. The zero-order valence-corrected chi connectivity index (χ0v) is 23.1. The number of hydrogen-bond acceptors (Lipinski definition) is 7. The second-order valence-corrected chi connectivity index (χ2v) is 13.1. The van der Waals surface area contributed by atoms with Crippen LogP contribution >= 0.6 is 11.8 Å². The topological polar surface area (TPSA) is 118 Å². The van der Waals surface area contributed by atoms with Crippen LogP contribution in [0.3, 0.4) is 0 Å². The minimum absolute atomic E-state index is 0.0481. The van der Waals surface area contributed by atoms with Crippen molar-refractivity contribution in [2.24, 2.45) is 34.0 Å². The van der Waals surface area contributed by atoms with Crippen LogP contribution in [0.5, 0.6) is 0 Å². The van der Waals surface area contributed by atoms with Crippen molar-refractivity contribution in [3.05, 3.63) is 30.9 Å². The van der Waals surface area contributed by atoms with Crippen LogP contribution < -0.4 is 5.73 Å². The zero-order valence-electron chi connectivity index (χ0n) is 22.3. The Morgan fingerprint density at radius 3 is 2.84 bits per heavy atom. The molecule has 5 rings (SSSR count). The molecule has 3 aliphatic rings. The molecule has 0 unspecified atom stereocenters. The summed E-state index contributed by atoms with van der Waals surface area (Å²) < 4.78 is 6.30. The lowest BCUT2D eigenvalue weighted by molar-refractivity contribution is -0.205. The fraction of sp³-hybridized carbons (Fsp3) is 0.621. The first-order valence-electron chi connectivity index (χ1n) is 13.4. The van der Waals surface area contributed by atoms with Gasteiger partial charge in [-0.05, 0) is 61.1 Å². The Morgan fingerprint density at radius 1 is 1.35 bits per heavy atom. The van der Waals surface area contributed by atoms with Gasteiger partial charge in [0.2, 0.25) is 0 Å². The number of carbonyl (C=O) groups excluding carboxylic acids is 2. The van der Waals surface area contributed by atoms with Gasteiger partial charge in [0.25, 0.3) is 0 Å². The van der Waals surface area contributed by atoms with Crippen molar-refractivity contribution in [3.63, 3.8) is 0 Å². The third kappa shape index (κ3) is 4.02. The van der Waals surface area contributed by atoms with Crippen LogP contribution in [0.15, 0.2) is 36.0 Å². The molecule has 2 bridgehead atoms. The van der Waals surface area contributed by atoms with E-state index in [0.29, 0.717) is 23.7 Å². The number of ketones is 1. The molecular weight excluding hydrogens is 486 g/mol. The number of imidazole rings is 1. The summed E-state index contributed by atoms with van der Waals surface area (Å²) >= 11 is 1.29. The highest BCUT2D eigenvalue weighted by molar-refractivity contribution is 7.99. The minimum Gasteiger partial charge on any atom is -0.461 e. The van der Waals surface area contributed by atoms with E-state index in [1.165, 1.54) is 11.8 Å². The second kappa shape index (κ2) is 9.16. The van der Waals surface area contributed by atoms with Gasteiger partial charge in [0.15, 0.2) is 5.16 Å². The lowest BCUT2D eigenvalue weighted by Gasteiger charge is -2.61. The Labute approximate surface area is 223 Å². The normalized spacial score (nSPS) is 39.6. The molecule has 2 aromatic rings. The van der Waals surface area contributed by atoms with Gasteiger partial charge in [0, 0.05) is 28.9 Å². The maximum atomic E-state index is 13.5. The Morgan fingerprint density at radius 2 is 2.11 bits per heavy atom. The van der Waals surface area contributed by atoms with Gasteiger partial charge in [0.1, 0.15) is 11.9 Å². The van der Waals surface area contributed by atoms with Crippen molar-refractivity contribution in [1.29, 1.82) is 0 Å². The molecule has 1 heterocycles. The largest absolute Gasteiger partial charge is 0.461 e. The summed E-state index contributed by atoms with van der Waals surface area (Å²) in [5.74, 6) is -0.0755. The fourth-order valence-electron chi connectivity index (χ4n) is 7.89.